The van der Waals surface area contributed by atoms with Crippen LogP contribution in [0.15, 0.2) is 47.4 Å². The summed E-state index contributed by atoms with van der Waals surface area (Å²) in [6.07, 6.45) is 0.647. The molecule has 0 unspecified atom stereocenters. The number of benzene rings is 2. The Morgan fingerprint density at radius 3 is 2.73 bits per heavy atom. The standard InChI is InChI=1S/C19H22N2O4S/c1-13-9-16-11-18(7-8-19(16)21(13)14(2)22)26(23,24)20-12-15-5-4-6-17(10-15)25-3/h4-8,10-11,13,20H,9,12H2,1-3H3/t13-/m1/s1. The second-order valence-electron chi connectivity index (χ2n) is 6.41. The van der Waals surface area contributed by atoms with E-state index in [1.54, 1.807) is 42.3 Å². The second kappa shape index (κ2) is 7.09. The van der Waals surface area contributed by atoms with Crippen LogP contribution in [0.2, 0.25) is 0 Å². The van der Waals surface area contributed by atoms with Crippen molar-refractivity contribution in [1.82, 2.24) is 4.72 Å². The lowest BCUT2D eigenvalue weighted by atomic mass is 10.1. The molecule has 26 heavy (non-hydrogen) atoms. The normalized spacial score (nSPS) is 16.4. The first-order valence-corrected chi connectivity index (χ1v) is 9.85. The summed E-state index contributed by atoms with van der Waals surface area (Å²) in [5.74, 6) is 0.639. The molecule has 7 heteroatoms. The maximum Gasteiger partial charge on any atom is 0.240 e. The Balaban J connectivity index is 1.80. The molecule has 0 aliphatic carbocycles. The number of amides is 1. The Bertz CT molecular complexity index is 940. The SMILES string of the molecule is COc1cccc(CNS(=O)(=O)c2ccc3c(c2)C[C@@H](C)N3C(C)=O)c1. The molecule has 0 saturated carbocycles. The molecule has 1 amide bonds. The van der Waals surface area contributed by atoms with Crippen molar-refractivity contribution >= 4 is 21.6 Å². The molecule has 3 rings (SSSR count). The molecule has 2 aromatic rings. The number of carbonyl (C=O) groups is 1. The number of anilines is 1. The maximum absolute atomic E-state index is 12.6. The molecule has 2 aromatic carbocycles. The number of rotatable bonds is 5. The van der Waals surface area contributed by atoms with Crippen LogP contribution in [0.3, 0.4) is 0 Å². The van der Waals surface area contributed by atoms with Crippen LogP contribution in [0.25, 0.3) is 0 Å². The molecule has 0 radical (unpaired) electrons. The molecule has 0 spiro atoms. The van der Waals surface area contributed by atoms with Crippen LogP contribution in [-0.2, 0) is 27.8 Å². The predicted molar refractivity (Wildman–Crippen MR) is 99.8 cm³/mol. The Hall–Kier alpha value is -2.38. The Morgan fingerprint density at radius 2 is 2.04 bits per heavy atom. The molecular formula is C19H22N2O4S. The van der Waals surface area contributed by atoms with E-state index < -0.39 is 10.0 Å². The molecule has 0 bridgehead atoms. The largest absolute Gasteiger partial charge is 0.497 e. The second-order valence-corrected chi connectivity index (χ2v) is 8.18. The van der Waals surface area contributed by atoms with E-state index in [-0.39, 0.29) is 23.4 Å². The summed E-state index contributed by atoms with van der Waals surface area (Å²) < 4.78 is 33.0. The van der Waals surface area contributed by atoms with E-state index in [0.29, 0.717) is 12.2 Å². The van der Waals surface area contributed by atoms with Crippen LogP contribution in [0, 0.1) is 0 Å². The number of methoxy groups -OCH3 is 1. The van der Waals surface area contributed by atoms with Gasteiger partial charge in [0.2, 0.25) is 15.9 Å². The average molecular weight is 374 g/mol. The molecule has 138 valence electrons. The van der Waals surface area contributed by atoms with Gasteiger partial charge in [-0.15, -0.1) is 0 Å². The fourth-order valence-electron chi connectivity index (χ4n) is 3.30. The molecule has 1 heterocycles. The van der Waals surface area contributed by atoms with Crippen molar-refractivity contribution in [3.63, 3.8) is 0 Å². The molecule has 1 aliphatic rings. The number of hydrogen-bond donors (Lipinski definition) is 1. The molecular weight excluding hydrogens is 352 g/mol. The van der Waals surface area contributed by atoms with Gasteiger partial charge in [-0.2, -0.15) is 0 Å². The average Bonchev–Trinajstić information content (AvgIpc) is 2.95. The zero-order chi connectivity index (χ0) is 18.9. The third-order valence-electron chi connectivity index (χ3n) is 4.52. The molecule has 1 atom stereocenters. The number of hydrogen-bond acceptors (Lipinski definition) is 4. The Morgan fingerprint density at radius 1 is 1.27 bits per heavy atom. The van der Waals surface area contributed by atoms with Crippen LogP contribution in [0.4, 0.5) is 5.69 Å². The van der Waals surface area contributed by atoms with Gasteiger partial charge < -0.3 is 9.64 Å². The lowest BCUT2D eigenvalue weighted by Gasteiger charge is -2.20. The molecule has 0 aromatic heterocycles. The van der Waals surface area contributed by atoms with Crippen molar-refractivity contribution < 1.29 is 17.9 Å². The van der Waals surface area contributed by atoms with Crippen molar-refractivity contribution in [3.8, 4) is 5.75 Å². The summed E-state index contributed by atoms with van der Waals surface area (Å²) in [7, 11) is -2.08. The van der Waals surface area contributed by atoms with Crippen LogP contribution < -0.4 is 14.4 Å². The van der Waals surface area contributed by atoms with E-state index in [1.807, 2.05) is 19.1 Å². The summed E-state index contributed by atoms with van der Waals surface area (Å²) in [4.78, 5) is 13.7. The summed E-state index contributed by atoms with van der Waals surface area (Å²) >= 11 is 0. The highest BCUT2D eigenvalue weighted by molar-refractivity contribution is 7.89. The van der Waals surface area contributed by atoms with Gasteiger partial charge in [-0.25, -0.2) is 13.1 Å². The lowest BCUT2D eigenvalue weighted by Crippen LogP contribution is -2.33. The third kappa shape index (κ3) is 3.59. The summed E-state index contributed by atoms with van der Waals surface area (Å²) in [5, 5.41) is 0. The quantitative estimate of drug-likeness (QED) is 0.872. The summed E-state index contributed by atoms with van der Waals surface area (Å²) in [6.45, 7) is 3.65. The first kappa shape index (κ1) is 18.4. The summed E-state index contributed by atoms with van der Waals surface area (Å²) in [6, 6.07) is 12.2. The number of sulfonamides is 1. The van der Waals surface area contributed by atoms with E-state index in [4.69, 9.17) is 4.74 Å². The zero-order valence-corrected chi connectivity index (χ0v) is 15.8. The van der Waals surface area contributed by atoms with Crippen molar-refractivity contribution in [3.05, 3.63) is 53.6 Å². The molecule has 1 aliphatic heterocycles. The maximum atomic E-state index is 12.6. The van der Waals surface area contributed by atoms with Crippen LogP contribution in [0.5, 0.6) is 5.75 Å². The van der Waals surface area contributed by atoms with Gasteiger partial charge in [0.05, 0.1) is 12.0 Å². The Kier molecular flexibility index (Phi) is 5.02. The minimum absolute atomic E-state index is 0.0326. The van der Waals surface area contributed by atoms with Gasteiger partial charge in [0, 0.05) is 25.2 Å². The number of nitrogens with one attached hydrogen (secondary N) is 1. The summed E-state index contributed by atoms with van der Waals surface area (Å²) in [5.41, 5.74) is 2.47. The predicted octanol–water partition coefficient (Wildman–Crippen LogP) is 2.47. The van der Waals surface area contributed by atoms with E-state index >= 15 is 0 Å². The highest BCUT2D eigenvalue weighted by Gasteiger charge is 2.30. The van der Waals surface area contributed by atoms with Gasteiger partial charge in [0.15, 0.2) is 0 Å². The van der Waals surface area contributed by atoms with Crippen molar-refractivity contribution in [1.29, 1.82) is 0 Å². The van der Waals surface area contributed by atoms with Crippen LogP contribution in [-0.4, -0.2) is 27.5 Å². The number of carbonyl (C=O) groups excluding carboxylic acids is 1. The van der Waals surface area contributed by atoms with Gasteiger partial charge >= 0.3 is 0 Å². The monoisotopic (exact) mass is 374 g/mol. The van der Waals surface area contributed by atoms with Crippen LogP contribution in [0.1, 0.15) is 25.0 Å². The highest BCUT2D eigenvalue weighted by atomic mass is 32.2. The molecule has 0 fully saturated rings. The van der Waals surface area contributed by atoms with Crippen molar-refractivity contribution in [2.75, 3.05) is 12.0 Å². The van der Waals surface area contributed by atoms with Crippen LogP contribution >= 0.6 is 0 Å². The van der Waals surface area contributed by atoms with E-state index in [2.05, 4.69) is 4.72 Å². The van der Waals surface area contributed by atoms with Gasteiger partial charge in [0.1, 0.15) is 5.75 Å². The van der Waals surface area contributed by atoms with E-state index in [0.717, 1.165) is 16.8 Å². The first-order chi connectivity index (χ1) is 12.3. The number of ether oxygens (including phenoxy) is 1. The highest BCUT2D eigenvalue weighted by Crippen LogP contribution is 2.33. The number of nitrogens with zero attached hydrogens (tertiary/aromatic N) is 1. The first-order valence-electron chi connectivity index (χ1n) is 8.37. The van der Waals surface area contributed by atoms with Gasteiger partial charge in [-0.3, -0.25) is 4.79 Å². The van der Waals surface area contributed by atoms with Gasteiger partial charge in [-0.05, 0) is 54.8 Å². The lowest BCUT2D eigenvalue weighted by molar-refractivity contribution is -0.116. The van der Waals surface area contributed by atoms with E-state index in [1.165, 1.54) is 6.92 Å². The molecule has 0 saturated heterocycles. The fraction of sp³-hybridized carbons (Fsp3) is 0.316. The topological polar surface area (TPSA) is 75.7 Å². The Labute approximate surface area is 153 Å². The van der Waals surface area contributed by atoms with Crippen molar-refractivity contribution in [2.24, 2.45) is 0 Å². The number of fused-ring (bicyclic) bond motifs is 1. The minimum Gasteiger partial charge on any atom is -0.497 e. The minimum atomic E-state index is -3.65. The van der Waals surface area contributed by atoms with Crippen molar-refractivity contribution in [2.45, 2.75) is 37.8 Å². The molecule has 1 N–H and O–H groups in total. The third-order valence-corrected chi connectivity index (χ3v) is 5.92. The van der Waals surface area contributed by atoms with Gasteiger partial charge in [-0.1, -0.05) is 12.1 Å². The molecule has 6 nitrogen and oxygen atoms in total. The van der Waals surface area contributed by atoms with E-state index in [9.17, 15) is 13.2 Å². The fourth-order valence-corrected chi connectivity index (χ4v) is 4.37. The zero-order valence-electron chi connectivity index (χ0n) is 15.0. The van der Waals surface area contributed by atoms with Gasteiger partial charge in [0.25, 0.3) is 0 Å². The smallest absolute Gasteiger partial charge is 0.240 e.